The van der Waals surface area contributed by atoms with Crippen LogP contribution in [0.1, 0.15) is 37.7 Å². The topological polar surface area (TPSA) is 29.5 Å². The molecule has 0 radical (unpaired) electrons. The first-order chi connectivity index (χ1) is 12.5. The van der Waals surface area contributed by atoms with E-state index >= 15 is 0 Å². The van der Waals surface area contributed by atoms with Crippen molar-refractivity contribution in [3.63, 3.8) is 0 Å². The Labute approximate surface area is 166 Å². The summed E-state index contributed by atoms with van der Waals surface area (Å²) < 4.78 is 7.48. The largest absolute Gasteiger partial charge is 0.414 e. The normalized spacial score (nSPS) is 12.1. The van der Waals surface area contributed by atoms with Crippen molar-refractivity contribution in [2.24, 2.45) is 0 Å². The number of hydrogen-bond acceptors (Lipinski definition) is 2. The average Bonchev–Trinajstić information content (AvgIpc) is 2.54. The zero-order valence-electron chi connectivity index (χ0n) is 18.6. The number of hydrogen-bond donors (Lipinski definition) is 0. The molecule has 0 saturated heterocycles. The minimum Gasteiger partial charge on any atom is -0.410 e. The fraction of sp³-hybridized carbons (Fsp3) is 0.682. The molecule has 1 aromatic rings. The molecular formula is C22H41N3O2+2. The number of rotatable bonds is 11. The molecule has 0 saturated carbocycles. The lowest BCUT2D eigenvalue weighted by atomic mass is 10.1. The van der Waals surface area contributed by atoms with Gasteiger partial charge in [0.2, 0.25) is 0 Å². The van der Waals surface area contributed by atoms with Crippen molar-refractivity contribution in [2.45, 2.75) is 38.6 Å². The lowest BCUT2D eigenvalue weighted by molar-refractivity contribution is -0.903. The Morgan fingerprint density at radius 1 is 0.889 bits per heavy atom. The van der Waals surface area contributed by atoms with Crippen LogP contribution in [0.2, 0.25) is 0 Å². The molecule has 0 fully saturated rings. The SMILES string of the molecule is CN(C)C(=O)Oc1ccccc1C[N+](C)(C)CCCCCCC[N+](C)(C)C. The van der Waals surface area contributed by atoms with E-state index in [0.717, 1.165) is 27.6 Å². The molecule has 5 nitrogen and oxygen atoms in total. The molecular weight excluding hydrogens is 338 g/mol. The summed E-state index contributed by atoms with van der Waals surface area (Å²) in [5, 5.41) is 0. The fourth-order valence-electron chi connectivity index (χ4n) is 3.12. The third kappa shape index (κ3) is 10.4. The van der Waals surface area contributed by atoms with Crippen LogP contribution in [0.25, 0.3) is 0 Å². The van der Waals surface area contributed by atoms with Crippen LogP contribution in [0.3, 0.4) is 0 Å². The summed E-state index contributed by atoms with van der Waals surface area (Å²) in [5.74, 6) is 0.669. The van der Waals surface area contributed by atoms with Crippen molar-refractivity contribution in [1.29, 1.82) is 0 Å². The third-order valence-corrected chi connectivity index (χ3v) is 4.73. The molecule has 0 N–H and O–H groups in total. The summed E-state index contributed by atoms with van der Waals surface area (Å²) in [4.78, 5) is 13.3. The maximum atomic E-state index is 11.9. The van der Waals surface area contributed by atoms with E-state index in [9.17, 15) is 4.79 Å². The number of nitrogens with zero attached hydrogens (tertiary/aromatic N) is 3. The van der Waals surface area contributed by atoms with Gasteiger partial charge in [0.05, 0.1) is 48.3 Å². The van der Waals surface area contributed by atoms with Crippen molar-refractivity contribution in [1.82, 2.24) is 4.90 Å². The molecule has 1 rings (SSSR count). The van der Waals surface area contributed by atoms with Crippen LogP contribution in [-0.2, 0) is 6.54 Å². The van der Waals surface area contributed by atoms with E-state index in [0.29, 0.717) is 5.75 Å². The summed E-state index contributed by atoms with van der Waals surface area (Å²) in [7, 11) is 14.7. The van der Waals surface area contributed by atoms with Crippen molar-refractivity contribution < 1.29 is 18.5 Å². The smallest absolute Gasteiger partial charge is 0.410 e. The van der Waals surface area contributed by atoms with Gasteiger partial charge >= 0.3 is 6.09 Å². The zero-order chi connectivity index (χ0) is 20.5. The van der Waals surface area contributed by atoms with Gasteiger partial charge in [0.25, 0.3) is 0 Å². The van der Waals surface area contributed by atoms with Gasteiger partial charge in [0.1, 0.15) is 12.3 Å². The highest BCUT2D eigenvalue weighted by Crippen LogP contribution is 2.23. The Hall–Kier alpha value is -1.59. The molecule has 1 amide bonds. The highest BCUT2D eigenvalue weighted by Gasteiger charge is 2.19. The number of quaternary nitrogens is 2. The van der Waals surface area contributed by atoms with Crippen LogP contribution in [0.15, 0.2) is 24.3 Å². The van der Waals surface area contributed by atoms with Crippen molar-refractivity contribution >= 4 is 6.09 Å². The molecule has 0 atom stereocenters. The Morgan fingerprint density at radius 2 is 1.44 bits per heavy atom. The van der Waals surface area contributed by atoms with Crippen molar-refractivity contribution in [2.75, 3.05) is 62.4 Å². The van der Waals surface area contributed by atoms with E-state index < -0.39 is 0 Å². The highest BCUT2D eigenvalue weighted by atomic mass is 16.6. The number of carbonyl (C=O) groups excluding carboxylic acids is 1. The first-order valence-electron chi connectivity index (χ1n) is 10.1. The summed E-state index contributed by atoms with van der Waals surface area (Å²) in [6, 6.07) is 7.86. The number of benzene rings is 1. The van der Waals surface area contributed by atoms with Gasteiger partial charge in [-0.05, 0) is 37.8 Å². The third-order valence-electron chi connectivity index (χ3n) is 4.73. The number of carbonyl (C=O) groups is 1. The highest BCUT2D eigenvalue weighted by molar-refractivity contribution is 5.70. The maximum Gasteiger partial charge on any atom is 0.414 e. The number of unbranched alkanes of at least 4 members (excludes halogenated alkanes) is 4. The van der Waals surface area contributed by atoms with Gasteiger partial charge in [-0.15, -0.1) is 0 Å². The number of amides is 1. The zero-order valence-corrected chi connectivity index (χ0v) is 18.6. The summed E-state index contributed by atoms with van der Waals surface area (Å²) in [6.45, 7) is 3.24. The summed E-state index contributed by atoms with van der Waals surface area (Å²) in [5.41, 5.74) is 1.08. The van der Waals surface area contributed by atoms with Crippen LogP contribution in [0.4, 0.5) is 4.79 Å². The predicted octanol–water partition coefficient (Wildman–Crippen LogP) is 3.98. The van der Waals surface area contributed by atoms with Gasteiger partial charge in [-0.2, -0.15) is 0 Å². The Morgan fingerprint density at radius 3 is 2.04 bits per heavy atom. The number of para-hydroxylation sites is 1. The molecule has 5 heteroatoms. The molecule has 0 heterocycles. The summed E-state index contributed by atoms with van der Waals surface area (Å²) >= 11 is 0. The van der Waals surface area contributed by atoms with Gasteiger partial charge < -0.3 is 18.6 Å². The van der Waals surface area contributed by atoms with Gasteiger partial charge in [-0.3, -0.25) is 0 Å². The van der Waals surface area contributed by atoms with Crippen molar-refractivity contribution in [3.8, 4) is 5.75 Å². The maximum absolute atomic E-state index is 11.9. The van der Waals surface area contributed by atoms with E-state index in [2.05, 4.69) is 41.3 Å². The van der Waals surface area contributed by atoms with E-state index in [-0.39, 0.29) is 6.09 Å². The molecule has 0 aliphatic rings. The molecule has 0 unspecified atom stereocenters. The fourth-order valence-corrected chi connectivity index (χ4v) is 3.12. The van der Waals surface area contributed by atoms with Gasteiger partial charge in [-0.25, -0.2) is 4.79 Å². The van der Waals surface area contributed by atoms with Gasteiger partial charge in [-0.1, -0.05) is 18.6 Å². The van der Waals surface area contributed by atoms with Crippen molar-refractivity contribution in [3.05, 3.63) is 29.8 Å². The van der Waals surface area contributed by atoms with Gasteiger partial charge in [0.15, 0.2) is 0 Å². The summed E-state index contributed by atoms with van der Waals surface area (Å²) in [6.07, 6.45) is 6.14. The minimum absolute atomic E-state index is 0.332. The van der Waals surface area contributed by atoms with Crippen LogP contribution in [0.5, 0.6) is 5.75 Å². The van der Waals surface area contributed by atoms with E-state index in [1.165, 1.54) is 43.5 Å². The molecule has 0 bridgehead atoms. The van der Waals surface area contributed by atoms with Crippen LogP contribution in [0, 0.1) is 0 Å². The second-order valence-corrected chi connectivity index (χ2v) is 9.47. The monoisotopic (exact) mass is 379 g/mol. The Kier molecular flexibility index (Phi) is 9.27. The van der Waals surface area contributed by atoms with E-state index in [1.807, 2.05) is 18.2 Å². The number of ether oxygens (including phenoxy) is 1. The molecule has 0 aromatic heterocycles. The molecule has 0 aliphatic heterocycles. The average molecular weight is 380 g/mol. The van der Waals surface area contributed by atoms with Crippen LogP contribution in [-0.4, -0.2) is 82.4 Å². The molecule has 27 heavy (non-hydrogen) atoms. The standard InChI is InChI=1S/C22H41N3O2/c1-23(2)22(26)27-21-16-12-11-15-20(21)19-25(6,7)18-14-10-8-9-13-17-24(3,4)5/h11-12,15-16H,8-10,13-14,17-19H2,1-7H3/q+2. The molecule has 0 spiro atoms. The second-order valence-electron chi connectivity index (χ2n) is 9.47. The Balaban J connectivity index is 2.43. The lowest BCUT2D eigenvalue weighted by Gasteiger charge is -2.30. The van der Waals surface area contributed by atoms with E-state index in [4.69, 9.17) is 4.74 Å². The van der Waals surface area contributed by atoms with Crippen LogP contribution >= 0.6 is 0 Å². The predicted molar refractivity (Wildman–Crippen MR) is 113 cm³/mol. The van der Waals surface area contributed by atoms with Gasteiger partial charge in [0, 0.05) is 19.7 Å². The van der Waals surface area contributed by atoms with Crippen LogP contribution < -0.4 is 4.74 Å². The van der Waals surface area contributed by atoms with E-state index in [1.54, 1.807) is 14.1 Å². The molecule has 0 aliphatic carbocycles. The first kappa shape index (κ1) is 23.4. The molecule has 1 aromatic carbocycles. The Bertz CT molecular complexity index is 577. The first-order valence-corrected chi connectivity index (χ1v) is 10.1. The quantitative estimate of drug-likeness (QED) is 0.430. The minimum atomic E-state index is -0.332. The lowest BCUT2D eigenvalue weighted by Crippen LogP contribution is -2.39. The second kappa shape index (κ2) is 10.7. The molecule has 154 valence electrons.